The van der Waals surface area contributed by atoms with Crippen LogP contribution in [0.2, 0.25) is 0 Å². The van der Waals surface area contributed by atoms with Gasteiger partial charge in [0.2, 0.25) is 0 Å². The van der Waals surface area contributed by atoms with Gasteiger partial charge < -0.3 is 4.57 Å². The highest BCUT2D eigenvalue weighted by atomic mass is 35.5. The number of alkyl halides is 1. The molecule has 0 aliphatic heterocycles. The number of imidazole rings is 1. The van der Waals surface area contributed by atoms with E-state index in [1.807, 2.05) is 17.8 Å². The molecule has 0 spiro atoms. The van der Waals surface area contributed by atoms with Gasteiger partial charge in [-0.1, -0.05) is 6.92 Å². The molecule has 1 heterocycles. The highest BCUT2D eigenvalue weighted by Crippen LogP contribution is 2.39. The highest BCUT2D eigenvalue weighted by Gasteiger charge is 2.28. The quantitative estimate of drug-likeness (QED) is 0.757. The van der Waals surface area contributed by atoms with Gasteiger partial charge in [0.25, 0.3) is 0 Å². The number of hydrogen-bond donors (Lipinski definition) is 0. The average Bonchev–Trinajstić information content (AvgIpc) is 3.02. The van der Waals surface area contributed by atoms with Gasteiger partial charge in [-0.25, -0.2) is 9.37 Å². The second-order valence-electron chi connectivity index (χ2n) is 5.21. The lowest BCUT2D eigenvalue weighted by Crippen LogP contribution is -2.09. The number of nitrogens with zero attached hydrogens (tertiary/aromatic N) is 2. The van der Waals surface area contributed by atoms with E-state index in [1.165, 1.54) is 18.6 Å². The van der Waals surface area contributed by atoms with E-state index in [1.54, 1.807) is 0 Å². The number of benzene rings is 1. The largest absolute Gasteiger partial charge is 0.324 e. The zero-order chi connectivity index (χ0) is 14.1. The minimum absolute atomic E-state index is 0.242. The minimum atomic E-state index is -0.242. The first kappa shape index (κ1) is 14.2. The molecule has 1 aromatic carbocycles. The Morgan fingerprint density at radius 3 is 3.05 bits per heavy atom. The van der Waals surface area contributed by atoms with Gasteiger partial charge in [-0.2, -0.15) is 11.8 Å². The zero-order valence-corrected chi connectivity index (χ0v) is 13.1. The monoisotopic (exact) mass is 312 g/mol. The van der Waals surface area contributed by atoms with Crippen molar-refractivity contribution in [3.05, 3.63) is 29.8 Å². The Kier molecular flexibility index (Phi) is 4.22. The van der Waals surface area contributed by atoms with Crippen LogP contribution in [0.1, 0.15) is 38.1 Å². The van der Waals surface area contributed by atoms with E-state index in [2.05, 4.69) is 16.5 Å². The summed E-state index contributed by atoms with van der Waals surface area (Å²) in [5.41, 5.74) is 1.72. The van der Waals surface area contributed by atoms with Crippen LogP contribution in [0.4, 0.5) is 4.39 Å². The van der Waals surface area contributed by atoms with E-state index in [0.717, 1.165) is 35.2 Å². The van der Waals surface area contributed by atoms with Crippen molar-refractivity contribution in [1.29, 1.82) is 0 Å². The van der Waals surface area contributed by atoms with Crippen LogP contribution in [0, 0.1) is 5.82 Å². The van der Waals surface area contributed by atoms with E-state index >= 15 is 0 Å². The van der Waals surface area contributed by atoms with Crippen LogP contribution in [-0.4, -0.2) is 20.6 Å². The molecule has 2 unspecified atom stereocenters. The summed E-state index contributed by atoms with van der Waals surface area (Å²) in [5.74, 6) is 2.15. The molecular formula is C15H18ClFN2S. The first-order valence-corrected chi connectivity index (χ1v) is 8.65. The molecule has 1 aliphatic carbocycles. The molecule has 0 amide bonds. The van der Waals surface area contributed by atoms with Gasteiger partial charge in [-0.05, 0) is 37.1 Å². The van der Waals surface area contributed by atoms with Crippen LogP contribution in [0.3, 0.4) is 0 Å². The predicted octanol–water partition coefficient (Wildman–Crippen LogP) is 4.76. The summed E-state index contributed by atoms with van der Waals surface area (Å²) in [6, 6.07) is 5.28. The van der Waals surface area contributed by atoms with Crippen molar-refractivity contribution in [3.63, 3.8) is 0 Å². The summed E-state index contributed by atoms with van der Waals surface area (Å²) in [6.07, 6.45) is 3.56. The third-order valence-electron chi connectivity index (χ3n) is 3.97. The van der Waals surface area contributed by atoms with Crippen LogP contribution in [-0.2, 0) is 5.88 Å². The van der Waals surface area contributed by atoms with E-state index in [4.69, 9.17) is 11.6 Å². The summed E-state index contributed by atoms with van der Waals surface area (Å²) in [5, 5.41) is 0.728. The molecule has 0 N–H and O–H groups in total. The van der Waals surface area contributed by atoms with Crippen molar-refractivity contribution >= 4 is 34.4 Å². The normalized spacial score (nSPS) is 22.8. The molecule has 0 saturated heterocycles. The Morgan fingerprint density at radius 2 is 2.30 bits per heavy atom. The second-order valence-corrected chi connectivity index (χ2v) is 7.05. The van der Waals surface area contributed by atoms with Gasteiger partial charge in [-0.3, -0.25) is 0 Å². The van der Waals surface area contributed by atoms with Crippen LogP contribution in [0.5, 0.6) is 0 Å². The third-order valence-corrected chi connectivity index (χ3v) is 5.44. The van der Waals surface area contributed by atoms with Gasteiger partial charge in [0.1, 0.15) is 11.6 Å². The Hall–Kier alpha value is -0.740. The molecular weight excluding hydrogens is 295 g/mol. The molecule has 3 rings (SSSR count). The maximum atomic E-state index is 13.3. The molecule has 20 heavy (non-hydrogen) atoms. The summed E-state index contributed by atoms with van der Waals surface area (Å²) in [7, 11) is 0. The highest BCUT2D eigenvalue weighted by molar-refractivity contribution is 7.99. The number of aromatic nitrogens is 2. The topological polar surface area (TPSA) is 17.8 Å². The maximum absolute atomic E-state index is 13.3. The van der Waals surface area contributed by atoms with Gasteiger partial charge in [-0.15, -0.1) is 11.6 Å². The molecule has 108 valence electrons. The molecule has 1 aliphatic rings. The molecule has 0 radical (unpaired) electrons. The predicted molar refractivity (Wildman–Crippen MR) is 84.1 cm³/mol. The lowest BCUT2D eigenvalue weighted by atomic mass is 10.2. The second kappa shape index (κ2) is 5.94. The van der Waals surface area contributed by atoms with E-state index in [0.29, 0.717) is 17.4 Å². The van der Waals surface area contributed by atoms with Gasteiger partial charge >= 0.3 is 0 Å². The number of halogens is 2. The fourth-order valence-electron chi connectivity index (χ4n) is 3.16. The molecule has 2 nitrogen and oxygen atoms in total. The number of fused-ring (bicyclic) bond motifs is 1. The standard InChI is InChI=1S/C15H18ClFN2S/c1-2-20-12-5-4-11(8-12)19-14-6-3-10(17)7-13(14)18-15(19)9-16/h3,6-7,11-12H,2,4-5,8-9H2,1H3. The summed E-state index contributed by atoms with van der Waals surface area (Å²) < 4.78 is 15.6. The van der Waals surface area contributed by atoms with Gasteiger partial charge in [0.15, 0.2) is 0 Å². The lowest BCUT2D eigenvalue weighted by molar-refractivity contribution is 0.519. The van der Waals surface area contributed by atoms with Crippen molar-refractivity contribution in [2.75, 3.05) is 5.75 Å². The summed E-state index contributed by atoms with van der Waals surface area (Å²) in [6.45, 7) is 2.21. The van der Waals surface area contributed by atoms with Crippen molar-refractivity contribution < 1.29 is 4.39 Å². The van der Waals surface area contributed by atoms with Crippen LogP contribution >= 0.6 is 23.4 Å². The smallest absolute Gasteiger partial charge is 0.125 e. The fourth-order valence-corrected chi connectivity index (χ4v) is 4.48. The molecule has 2 atom stereocenters. The van der Waals surface area contributed by atoms with Gasteiger partial charge in [0, 0.05) is 17.4 Å². The molecule has 1 aromatic heterocycles. The molecule has 2 aromatic rings. The Balaban J connectivity index is 1.98. The van der Waals surface area contributed by atoms with Crippen LogP contribution in [0.15, 0.2) is 18.2 Å². The fraction of sp³-hybridized carbons (Fsp3) is 0.533. The Labute approximate surface area is 127 Å². The number of thioether (sulfide) groups is 1. The van der Waals surface area contributed by atoms with Crippen molar-refractivity contribution in [2.24, 2.45) is 0 Å². The number of hydrogen-bond acceptors (Lipinski definition) is 2. The van der Waals surface area contributed by atoms with Gasteiger partial charge in [0.05, 0.1) is 16.9 Å². The third kappa shape index (κ3) is 2.56. The van der Waals surface area contributed by atoms with Crippen molar-refractivity contribution in [1.82, 2.24) is 9.55 Å². The molecule has 5 heteroatoms. The first-order chi connectivity index (χ1) is 9.72. The number of rotatable bonds is 4. The van der Waals surface area contributed by atoms with Crippen molar-refractivity contribution in [2.45, 2.75) is 43.4 Å². The zero-order valence-electron chi connectivity index (χ0n) is 11.5. The molecule has 1 saturated carbocycles. The van der Waals surface area contributed by atoms with E-state index in [-0.39, 0.29) is 5.82 Å². The molecule has 1 fully saturated rings. The van der Waals surface area contributed by atoms with Crippen LogP contribution < -0.4 is 0 Å². The van der Waals surface area contributed by atoms with E-state index in [9.17, 15) is 4.39 Å². The van der Waals surface area contributed by atoms with E-state index < -0.39 is 0 Å². The summed E-state index contributed by atoms with van der Waals surface area (Å²) >= 11 is 8.07. The van der Waals surface area contributed by atoms with Crippen molar-refractivity contribution in [3.8, 4) is 0 Å². The maximum Gasteiger partial charge on any atom is 0.125 e. The average molecular weight is 313 g/mol. The molecule has 0 bridgehead atoms. The summed E-state index contributed by atoms with van der Waals surface area (Å²) in [4.78, 5) is 4.49. The first-order valence-electron chi connectivity index (χ1n) is 7.06. The Morgan fingerprint density at radius 1 is 1.45 bits per heavy atom. The Bertz CT molecular complexity index is 613. The lowest BCUT2D eigenvalue weighted by Gasteiger charge is -2.16. The minimum Gasteiger partial charge on any atom is -0.324 e. The van der Waals surface area contributed by atoms with Crippen LogP contribution in [0.25, 0.3) is 11.0 Å². The SMILES string of the molecule is CCSC1CCC(n2c(CCl)nc3cc(F)ccc32)C1.